The van der Waals surface area contributed by atoms with Crippen LogP contribution in [0, 0.1) is 5.92 Å². The first-order valence-corrected chi connectivity index (χ1v) is 11.1. The molecule has 6 atom stereocenters. The summed E-state index contributed by atoms with van der Waals surface area (Å²) in [7, 11) is 0. The first-order chi connectivity index (χ1) is 14.0. The molecule has 174 valence electrons. The Balaban J connectivity index is 5.15. The molecule has 0 heterocycles. The van der Waals surface area contributed by atoms with Gasteiger partial charge in [-0.25, -0.2) is 4.79 Å². The molecule has 0 bridgehead atoms. The van der Waals surface area contributed by atoms with E-state index >= 15 is 0 Å². The molecule has 3 amide bonds. The lowest BCUT2D eigenvalue weighted by molar-refractivity contribution is -0.142. The number of aliphatic hydroxyl groups excluding tert-OH is 2. The van der Waals surface area contributed by atoms with E-state index < -0.39 is 60.6 Å². The van der Waals surface area contributed by atoms with E-state index in [1.807, 2.05) is 6.92 Å². The Kier molecular flexibility index (Phi) is 13.3. The summed E-state index contributed by atoms with van der Waals surface area (Å²) in [6.45, 7) is 4.09. The lowest BCUT2D eigenvalue weighted by atomic mass is 9.98. The van der Waals surface area contributed by atoms with Crippen molar-refractivity contribution in [2.24, 2.45) is 11.7 Å². The fourth-order valence-corrected chi connectivity index (χ4v) is 2.86. The number of nitrogens with two attached hydrogens (primary N) is 1. The SMILES string of the molecule is CCC(C)C(N)C(=O)NC(C(=O)NC(CO)C(=O)NC(CCSC)C(=O)O)C(C)O. The van der Waals surface area contributed by atoms with Crippen molar-refractivity contribution in [3.8, 4) is 0 Å². The quantitative estimate of drug-likeness (QED) is 0.157. The molecular weight excluding hydrogens is 416 g/mol. The molecule has 0 aliphatic heterocycles. The molecule has 0 aromatic heterocycles. The van der Waals surface area contributed by atoms with Gasteiger partial charge < -0.3 is 37.0 Å². The van der Waals surface area contributed by atoms with Crippen LogP contribution in [-0.4, -0.2) is 87.9 Å². The Labute approximate surface area is 180 Å². The minimum Gasteiger partial charge on any atom is -0.480 e. The van der Waals surface area contributed by atoms with E-state index in [4.69, 9.17) is 5.73 Å². The van der Waals surface area contributed by atoms with E-state index in [-0.39, 0.29) is 12.3 Å². The molecule has 0 saturated heterocycles. The first kappa shape index (κ1) is 28.1. The number of rotatable bonds is 14. The maximum absolute atomic E-state index is 12.5. The minimum absolute atomic E-state index is 0.159. The lowest BCUT2D eigenvalue weighted by Gasteiger charge is -2.26. The van der Waals surface area contributed by atoms with E-state index in [0.29, 0.717) is 12.2 Å². The van der Waals surface area contributed by atoms with Crippen molar-refractivity contribution in [1.82, 2.24) is 16.0 Å². The Hall–Kier alpha value is -1.89. The highest BCUT2D eigenvalue weighted by Crippen LogP contribution is 2.06. The van der Waals surface area contributed by atoms with Crippen molar-refractivity contribution in [3.63, 3.8) is 0 Å². The Morgan fingerprint density at radius 3 is 2.00 bits per heavy atom. The smallest absolute Gasteiger partial charge is 0.326 e. The molecule has 0 rings (SSSR count). The summed E-state index contributed by atoms with van der Waals surface area (Å²) < 4.78 is 0. The molecule has 0 spiro atoms. The van der Waals surface area contributed by atoms with Crippen molar-refractivity contribution in [3.05, 3.63) is 0 Å². The molecule has 0 aromatic carbocycles. The number of hydrogen-bond donors (Lipinski definition) is 7. The van der Waals surface area contributed by atoms with Gasteiger partial charge in [-0.05, 0) is 31.3 Å². The standard InChI is InChI=1S/C18H34N4O7S/c1-5-9(2)13(19)16(26)22-14(10(3)24)17(27)21-12(8-23)15(25)20-11(18(28)29)6-7-30-4/h9-14,23-24H,5-8,19H2,1-4H3,(H,20,25)(H,21,27)(H,22,26)(H,28,29). The number of carbonyl (C=O) groups excluding carboxylic acids is 3. The molecule has 8 N–H and O–H groups in total. The number of amides is 3. The summed E-state index contributed by atoms with van der Waals surface area (Å²) in [6.07, 6.45) is 1.27. The fraction of sp³-hybridized carbons (Fsp3) is 0.778. The minimum atomic E-state index is -1.46. The maximum Gasteiger partial charge on any atom is 0.326 e. The Bertz CT molecular complexity index is 591. The number of carboxylic acids is 1. The molecule has 0 aliphatic rings. The van der Waals surface area contributed by atoms with Gasteiger partial charge in [-0.15, -0.1) is 0 Å². The van der Waals surface area contributed by atoms with Crippen molar-refractivity contribution in [1.29, 1.82) is 0 Å². The van der Waals surface area contributed by atoms with Crippen molar-refractivity contribution >= 4 is 35.5 Å². The summed E-state index contributed by atoms with van der Waals surface area (Å²) in [6, 6.07) is -4.96. The number of aliphatic hydroxyl groups is 2. The van der Waals surface area contributed by atoms with Gasteiger partial charge in [-0.2, -0.15) is 11.8 Å². The van der Waals surface area contributed by atoms with Crippen molar-refractivity contribution in [2.75, 3.05) is 18.6 Å². The van der Waals surface area contributed by atoms with E-state index in [1.165, 1.54) is 18.7 Å². The van der Waals surface area contributed by atoms with Crippen LogP contribution in [0.4, 0.5) is 0 Å². The molecule has 0 radical (unpaired) electrons. The molecule has 0 saturated carbocycles. The van der Waals surface area contributed by atoms with E-state index in [1.54, 1.807) is 13.2 Å². The van der Waals surface area contributed by atoms with E-state index in [2.05, 4.69) is 16.0 Å². The number of hydrogen-bond acceptors (Lipinski definition) is 8. The Morgan fingerprint density at radius 1 is 1.00 bits per heavy atom. The van der Waals surface area contributed by atoms with Crippen LogP contribution in [-0.2, 0) is 19.2 Å². The highest BCUT2D eigenvalue weighted by Gasteiger charge is 2.32. The summed E-state index contributed by atoms with van der Waals surface area (Å²) in [5, 5.41) is 35.4. The van der Waals surface area contributed by atoms with Crippen molar-refractivity contribution in [2.45, 2.75) is 63.9 Å². The van der Waals surface area contributed by atoms with Crippen LogP contribution in [0.1, 0.15) is 33.6 Å². The fourth-order valence-electron chi connectivity index (χ4n) is 2.39. The third-order valence-corrected chi connectivity index (χ3v) is 5.31. The number of aliphatic carboxylic acids is 1. The van der Waals surface area contributed by atoms with Gasteiger partial charge in [0.1, 0.15) is 18.1 Å². The average Bonchev–Trinajstić information content (AvgIpc) is 2.70. The van der Waals surface area contributed by atoms with Gasteiger partial charge in [-0.3, -0.25) is 14.4 Å². The van der Waals surface area contributed by atoms with E-state index in [9.17, 15) is 34.5 Å². The van der Waals surface area contributed by atoms with Gasteiger partial charge in [0.25, 0.3) is 0 Å². The maximum atomic E-state index is 12.5. The Morgan fingerprint density at radius 2 is 1.57 bits per heavy atom. The number of nitrogens with one attached hydrogen (secondary N) is 3. The third kappa shape index (κ3) is 9.28. The number of carboxylic acid groups (broad SMARTS) is 1. The molecular formula is C18H34N4O7S. The summed E-state index contributed by atoms with van der Waals surface area (Å²) in [5.74, 6) is -3.37. The molecule has 6 unspecified atom stereocenters. The zero-order valence-corrected chi connectivity index (χ0v) is 18.6. The highest BCUT2D eigenvalue weighted by molar-refractivity contribution is 7.98. The summed E-state index contributed by atoms with van der Waals surface area (Å²) in [5.41, 5.74) is 5.83. The van der Waals surface area contributed by atoms with Crippen LogP contribution >= 0.6 is 11.8 Å². The van der Waals surface area contributed by atoms with Crippen molar-refractivity contribution < 1.29 is 34.5 Å². The van der Waals surface area contributed by atoms with Gasteiger partial charge in [0.05, 0.1) is 18.8 Å². The molecule has 30 heavy (non-hydrogen) atoms. The third-order valence-electron chi connectivity index (χ3n) is 4.66. The van der Waals surface area contributed by atoms with Gasteiger partial charge in [0.15, 0.2) is 0 Å². The van der Waals surface area contributed by atoms with Crippen LogP contribution in [0.15, 0.2) is 0 Å². The van der Waals surface area contributed by atoms with Gasteiger partial charge in [-0.1, -0.05) is 20.3 Å². The number of carbonyl (C=O) groups is 4. The molecule has 0 aliphatic carbocycles. The largest absolute Gasteiger partial charge is 0.480 e. The van der Waals surface area contributed by atoms with Crippen LogP contribution in [0.2, 0.25) is 0 Å². The normalized spacial score (nSPS) is 17.0. The topological polar surface area (TPSA) is 191 Å². The molecule has 11 nitrogen and oxygen atoms in total. The second kappa shape index (κ2) is 14.2. The zero-order chi connectivity index (χ0) is 23.4. The molecule has 0 aromatic rings. The molecule has 12 heteroatoms. The monoisotopic (exact) mass is 450 g/mol. The molecule has 0 fully saturated rings. The van der Waals surface area contributed by atoms with Crippen LogP contribution in [0.25, 0.3) is 0 Å². The van der Waals surface area contributed by atoms with Crippen LogP contribution < -0.4 is 21.7 Å². The van der Waals surface area contributed by atoms with Gasteiger partial charge in [0.2, 0.25) is 17.7 Å². The second-order valence-electron chi connectivity index (χ2n) is 7.06. The van der Waals surface area contributed by atoms with Crippen LogP contribution in [0.3, 0.4) is 0 Å². The summed E-state index contributed by atoms with van der Waals surface area (Å²) in [4.78, 5) is 48.3. The summed E-state index contributed by atoms with van der Waals surface area (Å²) >= 11 is 1.41. The predicted molar refractivity (Wildman–Crippen MR) is 113 cm³/mol. The zero-order valence-electron chi connectivity index (χ0n) is 17.8. The predicted octanol–water partition coefficient (Wildman–Crippen LogP) is -1.97. The second-order valence-corrected chi connectivity index (χ2v) is 8.05. The van der Waals surface area contributed by atoms with E-state index in [0.717, 1.165) is 0 Å². The van der Waals surface area contributed by atoms with Crippen LogP contribution in [0.5, 0.6) is 0 Å². The number of thioether (sulfide) groups is 1. The first-order valence-electron chi connectivity index (χ1n) is 9.67. The lowest BCUT2D eigenvalue weighted by Crippen LogP contribution is -2.61. The van der Waals surface area contributed by atoms with Gasteiger partial charge in [0, 0.05) is 0 Å². The average molecular weight is 451 g/mol. The van der Waals surface area contributed by atoms with Gasteiger partial charge >= 0.3 is 5.97 Å². The highest BCUT2D eigenvalue weighted by atomic mass is 32.2.